The summed E-state index contributed by atoms with van der Waals surface area (Å²) in [5.41, 5.74) is 7.49. The molecule has 0 radical (unpaired) electrons. The normalized spacial score (nSPS) is 16.6. The van der Waals surface area contributed by atoms with Crippen LogP contribution in [0, 0.1) is 0 Å². The minimum absolute atomic E-state index is 0.332. The van der Waals surface area contributed by atoms with Gasteiger partial charge < -0.3 is 17.3 Å². The van der Waals surface area contributed by atoms with E-state index in [-0.39, 0.29) is 5.95 Å². The summed E-state index contributed by atoms with van der Waals surface area (Å²) < 4.78 is 37.7. The summed E-state index contributed by atoms with van der Waals surface area (Å²) in [7, 11) is 0. The standard InChI is InChI=1S/C5H9F3N6/c1-4(10,5(6,7)8)2-12-13-3(9)14(2)11/h10-11H2,1H3,(H2,9,13). The van der Waals surface area contributed by atoms with Gasteiger partial charge in [0.25, 0.3) is 0 Å². The Morgan fingerprint density at radius 2 is 1.79 bits per heavy atom. The number of nitrogens with zero attached hydrogens (tertiary/aromatic N) is 3. The fourth-order valence-corrected chi connectivity index (χ4v) is 0.784. The van der Waals surface area contributed by atoms with Crippen molar-refractivity contribution in [3.8, 4) is 0 Å². The molecule has 6 N–H and O–H groups in total. The van der Waals surface area contributed by atoms with Crippen LogP contribution < -0.4 is 17.3 Å². The Balaban J connectivity index is 3.23. The number of aromatic nitrogens is 3. The molecule has 0 aliphatic rings. The largest absolute Gasteiger partial charge is 0.413 e. The topological polar surface area (TPSA) is 109 Å². The van der Waals surface area contributed by atoms with Gasteiger partial charge in [0.2, 0.25) is 5.95 Å². The lowest BCUT2D eigenvalue weighted by Gasteiger charge is -2.25. The molecular weight excluding hydrogens is 201 g/mol. The van der Waals surface area contributed by atoms with E-state index in [0.29, 0.717) is 4.68 Å². The van der Waals surface area contributed by atoms with Gasteiger partial charge in [0, 0.05) is 0 Å². The number of halogens is 3. The van der Waals surface area contributed by atoms with Gasteiger partial charge in [-0.05, 0) is 6.92 Å². The van der Waals surface area contributed by atoms with E-state index in [9.17, 15) is 13.2 Å². The van der Waals surface area contributed by atoms with Crippen molar-refractivity contribution in [1.29, 1.82) is 0 Å². The van der Waals surface area contributed by atoms with Gasteiger partial charge in [0.15, 0.2) is 11.4 Å². The molecule has 0 spiro atoms. The number of nitrogen functional groups attached to an aromatic ring is 2. The lowest BCUT2D eigenvalue weighted by molar-refractivity contribution is -0.186. The number of rotatable bonds is 1. The fraction of sp³-hybridized carbons (Fsp3) is 0.600. The van der Waals surface area contributed by atoms with Gasteiger partial charge in [0.05, 0.1) is 0 Å². The van der Waals surface area contributed by atoms with Crippen LogP contribution in [0.2, 0.25) is 0 Å². The molecule has 0 saturated heterocycles. The van der Waals surface area contributed by atoms with Gasteiger partial charge in [-0.15, -0.1) is 10.2 Å². The van der Waals surface area contributed by atoms with Crippen molar-refractivity contribution in [2.24, 2.45) is 5.73 Å². The van der Waals surface area contributed by atoms with Crippen LogP contribution in [0.15, 0.2) is 0 Å². The molecule has 9 heteroatoms. The molecule has 0 aromatic carbocycles. The Morgan fingerprint density at radius 1 is 1.29 bits per heavy atom. The van der Waals surface area contributed by atoms with E-state index in [1.54, 1.807) is 0 Å². The second-order valence-corrected chi connectivity index (χ2v) is 2.95. The second kappa shape index (κ2) is 2.74. The van der Waals surface area contributed by atoms with Gasteiger partial charge in [-0.2, -0.15) is 13.2 Å². The molecule has 0 fully saturated rings. The van der Waals surface area contributed by atoms with Gasteiger partial charge in [0.1, 0.15) is 0 Å². The summed E-state index contributed by atoms with van der Waals surface area (Å²) >= 11 is 0. The van der Waals surface area contributed by atoms with Crippen LogP contribution >= 0.6 is 0 Å². The van der Waals surface area contributed by atoms with E-state index in [1.807, 2.05) is 0 Å². The van der Waals surface area contributed by atoms with E-state index in [0.717, 1.165) is 6.92 Å². The van der Waals surface area contributed by atoms with Crippen molar-refractivity contribution >= 4 is 5.95 Å². The van der Waals surface area contributed by atoms with E-state index in [4.69, 9.17) is 17.3 Å². The molecular formula is C5H9F3N6. The number of hydrogen-bond donors (Lipinski definition) is 3. The van der Waals surface area contributed by atoms with Crippen LogP contribution in [0.1, 0.15) is 12.7 Å². The lowest BCUT2D eigenvalue weighted by atomic mass is 10.0. The quantitative estimate of drug-likeness (QED) is 0.531. The molecule has 1 unspecified atom stereocenters. The van der Waals surface area contributed by atoms with Crippen molar-refractivity contribution in [2.45, 2.75) is 18.6 Å². The number of hydrogen-bond acceptors (Lipinski definition) is 5. The highest BCUT2D eigenvalue weighted by molar-refractivity contribution is 5.21. The van der Waals surface area contributed by atoms with Crippen molar-refractivity contribution in [2.75, 3.05) is 11.6 Å². The highest BCUT2D eigenvalue weighted by Crippen LogP contribution is 2.34. The molecule has 14 heavy (non-hydrogen) atoms. The van der Waals surface area contributed by atoms with Gasteiger partial charge in [-0.1, -0.05) is 0 Å². The number of nitrogens with two attached hydrogens (primary N) is 3. The third-order valence-corrected chi connectivity index (χ3v) is 1.78. The maximum Gasteiger partial charge on any atom is 0.413 e. The average Bonchev–Trinajstić information content (AvgIpc) is 2.30. The first kappa shape index (κ1) is 10.6. The molecule has 80 valence electrons. The number of alkyl halides is 3. The SMILES string of the molecule is CC(N)(c1nnc(N)n1N)C(F)(F)F. The Hall–Kier alpha value is -1.51. The molecule has 0 saturated carbocycles. The summed E-state index contributed by atoms with van der Waals surface area (Å²) in [6, 6.07) is 0. The first-order chi connectivity index (χ1) is 6.18. The highest BCUT2D eigenvalue weighted by Gasteiger charge is 2.53. The summed E-state index contributed by atoms with van der Waals surface area (Å²) in [6.07, 6.45) is -4.68. The van der Waals surface area contributed by atoms with E-state index >= 15 is 0 Å². The van der Waals surface area contributed by atoms with Gasteiger partial charge in [-0.3, -0.25) is 0 Å². The first-order valence-corrected chi connectivity index (χ1v) is 3.50. The summed E-state index contributed by atoms with van der Waals surface area (Å²) in [5.74, 6) is 4.20. The van der Waals surface area contributed by atoms with Crippen molar-refractivity contribution < 1.29 is 13.2 Å². The highest BCUT2D eigenvalue weighted by atomic mass is 19.4. The van der Waals surface area contributed by atoms with Gasteiger partial charge >= 0.3 is 6.18 Å². The number of anilines is 1. The van der Waals surface area contributed by atoms with Crippen LogP contribution in [-0.4, -0.2) is 21.0 Å². The van der Waals surface area contributed by atoms with E-state index in [1.165, 1.54) is 0 Å². The van der Waals surface area contributed by atoms with Crippen LogP contribution in [0.25, 0.3) is 0 Å². The maximum absolute atomic E-state index is 12.4. The zero-order valence-corrected chi connectivity index (χ0v) is 7.21. The Labute approximate surface area is 76.8 Å². The minimum Gasteiger partial charge on any atom is -0.366 e. The van der Waals surface area contributed by atoms with Crippen LogP contribution in [0.4, 0.5) is 19.1 Å². The second-order valence-electron chi connectivity index (χ2n) is 2.95. The third-order valence-electron chi connectivity index (χ3n) is 1.78. The molecule has 6 nitrogen and oxygen atoms in total. The lowest BCUT2D eigenvalue weighted by Crippen LogP contribution is -2.50. The first-order valence-electron chi connectivity index (χ1n) is 3.50. The molecule has 0 aliphatic heterocycles. The monoisotopic (exact) mass is 210 g/mol. The summed E-state index contributed by atoms with van der Waals surface area (Å²) in [5, 5.41) is 6.35. The summed E-state index contributed by atoms with van der Waals surface area (Å²) in [6.45, 7) is 0.736. The smallest absolute Gasteiger partial charge is 0.366 e. The summed E-state index contributed by atoms with van der Waals surface area (Å²) in [4.78, 5) is 0. The zero-order valence-electron chi connectivity index (χ0n) is 7.21. The Kier molecular flexibility index (Phi) is 2.07. The Morgan fingerprint density at radius 3 is 2.07 bits per heavy atom. The molecule has 1 rings (SSSR count). The Bertz CT molecular complexity index is 340. The zero-order chi connectivity index (χ0) is 11.1. The predicted molar refractivity (Wildman–Crippen MR) is 42.2 cm³/mol. The van der Waals surface area contributed by atoms with E-state index in [2.05, 4.69) is 10.2 Å². The fourth-order valence-electron chi connectivity index (χ4n) is 0.784. The molecule has 0 aliphatic carbocycles. The molecule has 0 bridgehead atoms. The van der Waals surface area contributed by atoms with Crippen molar-refractivity contribution in [1.82, 2.24) is 14.9 Å². The van der Waals surface area contributed by atoms with Gasteiger partial charge in [-0.25, -0.2) is 4.68 Å². The van der Waals surface area contributed by atoms with E-state index < -0.39 is 17.5 Å². The van der Waals surface area contributed by atoms with Crippen molar-refractivity contribution in [3.05, 3.63) is 5.82 Å². The van der Waals surface area contributed by atoms with Crippen LogP contribution in [-0.2, 0) is 5.54 Å². The average molecular weight is 210 g/mol. The van der Waals surface area contributed by atoms with Crippen LogP contribution in [0.5, 0.6) is 0 Å². The van der Waals surface area contributed by atoms with Crippen molar-refractivity contribution in [3.63, 3.8) is 0 Å². The minimum atomic E-state index is -4.68. The molecule has 1 heterocycles. The molecule has 1 aromatic heterocycles. The maximum atomic E-state index is 12.4. The molecule has 1 atom stereocenters. The van der Waals surface area contributed by atoms with Crippen LogP contribution in [0.3, 0.4) is 0 Å². The predicted octanol–water partition coefficient (Wildman–Crippen LogP) is -0.690. The third kappa shape index (κ3) is 1.35. The molecule has 0 amide bonds. The molecule has 1 aromatic rings.